The molecule has 0 fully saturated rings. The molecule has 0 saturated heterocycles. The molecule has 0 aromatic heterocycles. The molecule has 2 aromatic rings. The van der Waals surface area contributed by atoms with E-state index >= 15 is 0 Å². The van der Waals surface area contributed by atoms with Crippen LogP contribution in [0.3, 0.4) is 0 Å². The molecule has 2 aromatic carbocycles. The Morgan fingerprint density at radius 2 is 1.85 bits per heavy atom. The maximum atomic E-state index is 14.9. The number of halogens is 1. The highest BCUT2D eigenvalue weighted by Gasteiger charge is 2.15. The quantitative estimate of drug-likeness (QED) is 0.257. The van der Waals surface area contributed by atoms with Crippen LogP contribution in [-0.4, -0.2) is 32.3 Å². The molecule has 6 nitrogen and oxygen atoms in total. The van der Waals surface area contributed by atoms with Crippen LogP contribution in [0.5, 0.6) is 5.75 Å². The van der Waals surface area contributed by atoms with Crippen molar-refractivity contribution >= 4 is 34.9 Å². The summed E-state index contributed by atoms with van der Waals surface area (Å²) in [6.45, 7) is 11.1. The van der Waals surface area contributed by atoms with E-state index in [0.29, 0.717) is 48.3 Å². The number of nitrogens with one attached hydrogen (secondary N) is 3. The SMILES string of the molecule is C=C(Nc1ccc(NC(=O)CCCC(C)C)cc1)c1c(F)cc(OCCNC)cc1N=CC. The lowest BCUT2D eigenvalue weighted by atomic mass is 10.1. The standard InChI is InChI=1S/C26H35FN4O2/c1-6-29-24-17-22(33-15-14-28-5)16-23(27)26(24)19(4)30-20-10-12-21(13-11-20)31-25(32)9-7-8-18(2)3/h6,10-13,16-18,28,30H,4,7-9,14-15H2,1-3,5H3,(H,31,32). The minimum atomic E-state index is -0.472. The Labute approximate surface area is 196 Å². The monoisotopic (exact) mass is 454 g/mol. The summed E-state index contributed by atoms with van der Waals surface area (Å²) in [6, 6.07) is 10.3. The van der Waals surface area contributed by atoms with Crippen LogP contribution in [0, 0.1) is 11.7 Å². The first-order valence-corrected chi connectivity index (χ1v) is 11.3. The predicted octanol–water partition coefficient (Wildman–Crippen LogP) is 5.99. The summed E-state index contributed by atoms with van der Waals surface area (Å²) in [5, 5.41) is 9.01. The van der Waals surface area contributed by atoms with Crippen molar-refractivity contribution in [2.24, 2.45) is 10.9 Å². The van der Waals surface area contributed by atoms with Crippen LogP contribution in [0.15, 0.2) is 48.0 Å². The van der Waals surface area contributed by atoms with Gasteiger partial charge in [0.1, 0.15) is 18.2 Å². The highest BCUT2D eigenvalue weighted by atomic mass is 19.1. The van der Waals surface area contributed by atoms with Gasteiger partial charge in [-0.05, 0) is 50.6 Å². The van der Waals surface area contributed by atoms with Gasteiger partial charge in [0.05, 0.1) is 11.3 Å². The molecule has 0 heterocycles. The molecule has 0 aliphatic heterocycles. The molecule has 1 amide bonds. The largest absolute Gasteiger partial charge is 0.492 e. The number of rotatable bonds is 13. The maximum absolute atomic E-state index is 14.9. The number of benzene rings is 2. The number of ether oxygens (including phenoxy) is 1. The van der Waals surface area contributed by atoms with Gasteiger partial charge in [0.15, 0.2) is 0 Å². The number of aliphatic imine (C=N–C) groups is 1. The van der Waals surface area contributed by atoms with Gasteiger partial charge >= 0.3 is 0 Å². The molecular weight excluding hydrogens is 419 g/mol. The zero-order chi connectivity index (χ0) is 24.2. The average molecular weight is 455 g/mol. The first-order chi connectivity index (χ1) is 15.8. The van der Waals surface area contributed by atoms with Gasteiger partial charge in [-0.1, -0.05) is 26.8 Å². The second-order valence-corrected chi connectivity index (χ2v) is 8.15. The number of carbonyl (C=O) groups excluding carboxylic acids is 1. The third-order valence-electron chi connectivity index (χ3n) is 4.88. The minimum Gasteiger partial charge on any atom is -0.492 e. The zero-order valence-corrected chi connectivity index (χ0v) is 20.0. The summed E-state index contributed by atoms with van der Waals surface area (Å²) in [7, 11) is 1.82. The normalized spacial score (nSPS) is 11.1. The Hall–Kier alpha value is -3.19. The van der Waals surface area contributed by atoms with E-state index in [1.54, 1.807) is 31.3 Å². The van der Waals surface area contributed by atoms with Gasteiger partial charge in [0, 0.05) is 48.4 Å². The van der Waals surface area contributed by atoms with Gasteiger partial charge in [0.2, 0.25) is 5.91 Å². The molecule has 7 heteroatoms. The Kier molecular flexibility index (Phi) is 10.6. The molecule has 0 aliphatic rings. The third kappa shape index (κ3) is 8.69. The lowest BCUT2D eigenvalue weighted by molar-refractivity contribution is -0.116. The highest BCUT2D eigenvalue weighted by molar-refractivity contribution is 5.91. The molecule has 0 unspecified atom stereocenters. The lowest BCUT2D eigenvalue weighted by Gasteiger charge is -2.15. The van der Waals surface area contributed by atoms with Gasteiger partial charge in [-0.25, -0.2) is 4.39 Å². The van der Waals surface area contributed by atoms with Crippen molar-refractivity contribution in [2.45, 2.75) is 40.0 Å². The van der Waals surface area contributed by atoms with E-state index < -0.39 is 5.82 Å². The van der Waals surface area contributed by atoms with Crippen molar-refractivity contribution in [3.63, 3.8) is 0 Å². The van der Waals surface area contributed by atoms with Gasteiger partial charge in [-0.2, -0.15) is 0 Å². The third-order valence-corrected chi connectivity index (χ3v) is 4.88. The fraction of sp³-hybridized carbons (Fsp3) is 0.385. The second-order valence-electron chi connectivity index (χ2n) is 8.15. The van der Waals surface area contributed by atoms with Crippen molar-refractivity contribution in [1.29, 1.82) is 0 Å². The highest BCUT2D eigenvalue weighted by Crippen LogP contribution is 2.33. The molecule has 0 saturated carbocycles. The fourth-order valence-corrected chi connectivity index (χ4v) is 3.23. The minimum absolute atomic E-state index is 0.00179. The molecule has 0 aliphatic carbocycles. The number of nitrogens with zero attached hydrogens (tertiary/aromatic N) is 1. The number of hydrogen-bond donors (Lipinski definition) is 3. The molecule has 178 valence electrons. The summed E-state index contributed by atoms with van der Waals surface area (Å²) in [5.41, 5.74) is 2.51. The lowest BCUT2D eigenvalue weighted by Crippen LogP contribution is -2.16. The Morgan fingerprint density at radius 3 is 2.45 bits per heavy atom. The predicted molar refractivity (Wildman–Crippen MR) is 136 cm³/mol. The second kappa shape index (κ2) is 13.4. The molecule has 0 radical (unpaired) electrons. The first-order valence-electron chi connectivity index (χ1n) is 11.3. The Morgan fingerprint density at radius 1 is 1.18 bits per heavy atom. The summed E-state index contributed by atoms with van der Waals surface area (Å²) in [4.78, 5) is 16.4. The Balaban J connectivity index is 2.06. The van der Waals surface area contributed by atoms with E-state index in [9.17, 15) is 9.18 Å². The first kappa shape index (κ1) is 26.1. The average Bonchev–Trinajstić information content (AvgIpc) is 2.75. The van der Waals surface area contributed by atoms with Crippen molar-refractivity contribution < 1.29 is 13.9 Å². The van der Waals surface area contributed by atoms with Gasteiger partial charge in [-0.15, -0.1) is 0 Å². The van der Waals surface area contributed by atoms with E-state index in [4.69, 9.17) is 4.74 Å². The van der Waals surface area contributed by atoms with Crippen LogP contribution in [0.2, 0.25) is 0 Å². The van der Waals surface area contributed by atoms with Crippen LogP contribution in [-0.2, 0) is 4.79 Å². The summed E-state index contributed by atoms with van der Waals surface area (Å²) < 4.78 is 20.5. The maximum Gasteiger partial charge on any atom is 0.224 e. The van der Waals surface area contributed by atoms with Crippen molar-refractivity contribution in [3.05, 3.63) is 54.4 Å². The molecule has 3 N–H and O–H groups in total. The smallest absolute Gasteiger partial charge is 0.224 e. The molecule has 33 heavy (non-hydrogen) atoms. The van der Waals surface area contributed by atoms with Crippen LogP contribution in [0.1, 0.15) is 45.6 Å². The van der Waals surface area contributed by atoms with Crippen molar-refractivity contribution in [1.82, 2.24) is 5.32 Å². The van der Waals surface area contributed by atoms with E-state index in [1.165, 1.54) is 6.07 Å². The molecule has 0 bridgehead atoms. The van der Waals surface area contributed by atoms with Crippen LogP contribution < -0.4 is 20.7 Å². The van der Waals surface area contributed by atoms with Crippen LogP contribution in [0.4, 0.5) is 21.5 Å². The molecule has 0 atom stereocenters. The number of likely N-dealkylation sites (N-methyl/N-ethyl adjacent to an activating group) is 1. The van der Waals surface area contributed by atoms with Gasteiger partial charge < -0.3 is 20.7 Å². The molecule has 2 rings (SSSR count). The van der Waals surface area contributed by atoms with Crippen molar-refractivity contribution in [3.8, 4) is 5.75 Å². The van der Waals surface area contributed by atoms with Gasteiger partial charge in [-0.3, -0.25) is 9.79 Å². The zero-order valence-electron chi connectivity index (χ0n) is 20.0. The number of amides is 1. The molecular formula is C26H35FN4O2. The van der Waals surface area contributed by atoms with E-state index in [-0.39, 0.29) is 11.5 Å². The number of anilines is 2. The summed E-state index contributed by atoms with van der Waals surface area (Å²) >= 11 is 0. The number of hydrogen-bond acceptors (Lipinski definition) is 5. The van der Waals surface area contributed by atoms with Crippen LogP contribution >= 0.6 is 0 Å². The van der Waals surface area contributed by atoms with Crippen LogP contribution in [0.25, 0.3) is 5.70 Å². The number of carbonyl (C=O) groups is 1. The van der Waals surface area contributed by atoms with Gasteiger partial charge in [0.25, 0.3) is 0 Å². The topological polar surface area (TPSA) is 74.8 Å². The summed E-state index contributed by atoms with van der Waals surface area (Å²) in [5.74, 6) is 0.530. The van der Waals surface area contributed by atoms with E-state index in [0.717, 1.165) is 18.5 Å². The fourth-order valence-electron chi connectivity index (χ4n) is 3.23. The van der Waals surface area contributed by atoms with E-state index in [2.05, 4.69) is 41.4 Å². The van der Waals surface area contributed by atoms with Crippen molar-refractivity contribution in [2.75, 3.05) is 30.8 Å². The summed E-state index contributed by atoms with van der Waals surface area (Å²) in [6.07, 6.45) is 4.00. The van der Waals surface area contributed by atoms with E-state index in [1.807, 2.05) is 19.2 Å². The Bertz CT molecular complexity index is 956. The molecule has 0 spiro atoms.